The monoisotopic (exact) mass is 392 g/mol. The molecule has 2 aliphatic heterocycles. The molecule has 2 aromatic rings. The van der Waals surface area contributed by atoms with Gasteiger partial charge in [-0.05, 0) is 36.4 Å². The highest BCUT2D eigenvalue weighted by Crippen LogP contribution is 2.40. The first-order valence-corrected chi connectivity index (χ1v) is 8.15. The van der Waals surface area contributed by atoms with Crippen LogP contribution in [0.3, 0.4) is 0 Å². The van der Waals surface area contributed by atoms with Crippen LogP contribution in [0.2, 0.25) is 10.0 Å². The summed E-state index contributed by atoms with van der Waals surface area (Å²) in [6.07, 6.45) is 0. The quantitative estimate of drug-likeness (QED) is 0.819. The zero-order valence-corrected chi connectivity index (χ0v) is 14.3. The molecule has 26 heavy (non-hydrogen) atoms. The summed E-state index contributed by atoms with van der Waals surface area (Å²) in [7, 11) is 0. The van der Waals surface area contributed by atoms with Crippen LogP contribution in [0.15, 0.2) is 47.5 Å². The van der Waals surface area contributed by atoms with Gasteiger partial charge in [-0.1, -0.05) is 23.2 Å². The highest BCUT2D eigenvalue weighted by atomic mass is 35.5. The van der Waals surface area contributed by atoms with Crippen LogP contribution in [0, 0.1) is 11.6 Å². The Balaban J connectivity index is 1.94. The van der Waals surface area contributed by atoms with Crippen LogP contribution in [0.25, 0.3) is 11.4 Å². The van der Waals surface area contributed by atoms with Crippen LogP contribution in [0.5, 0.6) is 0 Å². The summed E-state index contributed by atoms with van der Waals surface area (Å²) in [4.78, 5) is 25.0. The van der Waals surface area contributed by atoms with E-state index in [-0.39, 0.29) is 32.6 Å². The number of fused-ring (bicyclic) bond motifs is 1. The van der Waals surface area contributed by atoms with Crippen molar-refractivity contribution in [2.45, 2.75) is 0 Å². The van der Waals surface area contributed by atoms with E-state index in [0.717, 1.165) is 12.1 Å². The van der Waals surface area contributed by atoms with Gasteiger partial charge in [0, 0.05) is 11.1 Å². The molecule has 0 spiro atoms. The number of nitrogens with one attached hydrogen (secondary N) is 2. The van der Waals surface area contributed by atoms with E-state index < -0.39 is 23.4 Å². The van der Waals surface area contributed by atoms with E-state index in [9.17, 15) is 18.4 Å². The van der Waals surface area contributed by atoms with Crippen molar-refractivity contribution >= 4 is 46.4 Å². The molecule has 2 heterocycles. The Kier molecular flexibility index (Phi) is 3.82. The van der Waals surface area contributed by atoms with Gasteiger partial charge in [0.05, 0.1) is 32.6 Å². The molecule has 0 fully saturated rings. The predicted molar refractivity (Wildman–Crippen MR) is 92.9 cm³/mol. The van der Waals surface area contributed by atoms with Crippen LogP contribution < -0.4 is 10.6 Å². The van der Waals surface area contributed by atoms with Crippen molar-refractivity contribution in [1.82, 2.24) is 10.6 Å². The van der Waals surface area contributed by atoms with Gasteiger partial charge in [0.25, 0.3) is 11.8 Å². The molecule has 2 aromatic carbocycles. The fraction of sp³-hybridized carbons (Fsp3) is 0. The summed E-state index contributed by atoms with van der Waals surface area (Å²) >= 11 is 12.1. The lowest BCUT2D eigenvalue weighted by atomic mass is 10.0. The Morgan fingerprint density at radius 2 is 1.08 bits per heavy atom. The van der Waals surface area contributed by atoms with E-state index in [1.807, 2.05) is 0 Å². The molecule has 4 nitrogen and oxygen atoms in total. The fourth-order valence-electron chi connectivity index (χ4n) is 2.97. The van der Waals surface area contributed by atoms with E-state index in [4.69, 9.17) is 23.2 Å². The SMILES string of the molecule is O=C1NC(c2ccc(F)cc2Cl)=C2C(=O)NC(c3ccc(F)cc3Cl)=C12. The number of benzene rings is 2. The molecule has 2 aliphatic rings. The highest BCUT2D eigenvalue weighted by Gasteiger charge is 2.41. The minimum Gasteiger partial charge on any atom is -0.321 e. The Hall–Kier alpha value is -2.70. The van der Waals surface area contributed by atoms with Crippen LogP contribution in [0.4, 0.5) is 8.78 Å². The van der Waals surface area contributed by atoms with Crippen molar-refractivity contribution in [3.05, 3.63) is 80.4 Å². The Morgan fingerprint density at radius 3 is 1.42 bits per heavy atom. The summed E-state index contributed by atoms with van der Waals surface area (Å²) < 4.78 is 26.6. The van der Waals surface area contributed by atoms with Gasteiger partial charge in [-0.25, -0.2) is 8.78 Å². The number of carbonyl (C=O) groups is 2. The van der Waals surface area contributed by atoms with Crippen molar-refractivity contribution < 1.29 is 18.4 Å². The van der Waals surface area contributed by atoms with Crippen molar-refractivity contribution in [1.29, 1.82) is 0 Å². The fourth-order valence-corrected chi connectivity index (χ4v) is 3.49. The van der Waals surface area contributed by atoms with Gasteiger partial charge in [0.1, 0.15) is 11.6 Å². The third kappa shape index (κ3) is 2.50. The number of halogens is 4. The molecule has 0 unspecified atom stereocenters. The van der Waals surface area contributed by atoms with E-state index >= 15 is 0 Å². The van der Waals surface area contributed by atoms with E-state index in [1.165, 1.54) is 24.3 Å². The van der Waals surface area contributed by atoms with Gasteiger partial charge in [0.15, 0.2) is 0 Å². The van der Waals surface area contributed by atoms with Crippen LogP contribution in [-0.4, -0.2) is 11.8 Å². The van der Waals surface area contributed by atoms with Crippen molar-refractivity contribution in [2.75, 3.05) is 0 Å². The summed E-state index contributed by atoms with van der Waals surface area (Å²) in [5.41, 5.74) is 1.15. The van der Waals surface area contributed by atoms with Crippen LogP contribution in [-0.2, 0) is 9.59 Å². The molecular weight excluding hydrogens is 385 g/mol. The largest absolute Gasteiger partial charge is 0.321 e. The molecule has 0 aromatic heterocycles. The number of rotatable bonds is 2. The highest BCUT2D eigenvalue weighted by molar-refractivity contribution is 6.36. The second-order valence-electron chi connectivity index (χ2n) is 5.66. The average molecular weight is 393 g/mol. The van der Waals surface area contributed by atoms with Gasteiger partial charge in [-0.15, -0.1) is 0 Å². The van der Waals surface area contributed by atoms with E-state index in [1.54, 1.807) is 0 Å². The lowest BCUT2D eigenvalue weighted by molar-refractivity contribution is -0.117. The Morgan fingerprint density at radius 1 is 0.692 bits per heavy atom. The molecular formula is C18H8Cl2F2N2O2. The van der Waals surface area contributed by atoms with Crippen LogP contribution in [0.1, 0.15) is 11.1 Å². The lowest BCUT2D eigenvalue weighted by Gasteiger charge is -2.09. The zero-order valence-electron chi connectivity index (χ0n) is 12.8. The Labute approximate surface area is 156 Å². The van der Waals surface area contributed by atoms with Gasteiger partial charge in [0.2, 0.25) is 0 Å². The molecule has 0 atom stereocenters. The molecule has 4 rings (SSSR count). The first-order chi connectivity index (χ1) is 12.4. The molecule has 0 radical (unpaired) electrons. The van der Waals surface area contributed by atoms with Gasteiger partial charge >= 0.3 is 0 Å². The number of carbonyl (C=O) groups excluding carboxylic acids is 2. The van der Waals surface area contributed by atoms with E-state index in [0.29, 0.717) is 11.1 Å². The molecule has 2 N–H and O–H groups in total. The molecule has 8 heteroatoms. The smallest absolute Gasteiger partial charge is 0.258 e. The standard InChI is InChI=1S/C18H8Cl2F2N2O2/c19-11-5-7(21)1-3-9(11)15-13-14(18(26)23-15)16(24-17(13)25)10-4-2-8(22)6-12(10)20/h1-6H,(H,23,26)(H,24,25). The predicted octanol–water partition coefficient (Wildman–Crippen LogP) is 3.65. The van der Waals surface area contributed by atoms with E-state index in [2.05, 4.69) is 10.6 Å². The van der Waals surface area contributed by atoms with Crippen molar-refractivity contribution in [3.8, 4) is 0 Å². The third-order valence-corrected chi connectivity index (χ3v) is 4.71. The minimum absolute atomic E-state index is 0.0510. The molecule has 0 bridgehead atoms. The number of hydrogen-bond donors (Lipinski definition) is 2. The average Bonchev–Trinajstić information content (AvgIpc) is 3.07. The van der Waals surface area contributed by atoms with Crippen LogP contribution >= 0.6 is 23.2 Å². The molecule has 0 saturated carbocycles. The topological polar surface area (TPSA) is 58.2 Å². The summed E-state index contributed by atoms with van der Waals surface area (Å²) in [5, 5.41) is 5.28. The third-order valence-electron chi connectivity index (χ3n) is 4.08. The summed E-state index contributed by atoms with van der Waals surface area (Å²) in [6.45, 7) is 0. The minimum atomic E-state index is -0.543. The maximum atomic E-state index is 13.3. The van der Waals surface area contributed by atoms with Gasteiger partial charge in [-0.3, -0.25) is 9.59 Å². The first-order valence-electron chi connectivity index (χ1n) is 7.39. The molecule has 130 valence electrons. The maximum Gasteiger partial charge on any atom is 0.258 e. The summed E-state index contributed by atoms with van der Waals surface area (Å²) in [6, 6.07) is 7.27. The molecule has 0 saturated heterocycles. The zero-order chi connectivity index (χ0) is 18.6. The van der Waals surface area contributed by atoms with Gasteiger partial charge in [-0.2, -0.15) is 0 Å². The number of hydrogen-bond acceptors (Lipinski definition) is 2. The Bertz CT molecular complexity index is 991. The lowest BCUT2D eigenvalue weighted by Crippen LogP contribution is -2.21. The summed E-state index contributed by atoms with van der Waals surface area (Å²) in [5.74, 6) is -2.16. The van der Waals surface area contributed by atoms with Crippen molar-refractivity contribution in [2.24, 2.45) is 0 Å². The van der Waals surface area contributed by atoms with Gasteiger partial charge < -0.3 is 10.6 Å². The normalized spacial score (nSPS) is 16.2. The maximum absolute atomic E-state index is 13.3. The second-order valence-corrected chi connectivity index (χ2v) is 6.47. The van der Waals surface area contributed by atoms with Crippen molar-refractivity contribution in [3.63, 3.8) is 0 Å². The second kappa shape index (κ2) is 5.93. The molecule has 0 aliphatic carbocycles. The first kappa shape index (κ1) is 16.8. The number of amides is 2. The molecule has 2 amide bonds.